The van der Waals surface area contributed by atoms with Crippen molar-refractivity contribution in [3.05, 3.63) is 103 Å². The lowest BCUT2D eigenvalue weighted by Crippen LogP contribution is -2.35. The number of hydrogen-bond acceptors (Lipinski definition) is 6. The zero-order valence-corrected chi connectivity index (χ0v) is 21.5. The summed E-state index contributed by atoms with van der Waals surface area (Å²) in [6.45, 7) is 6.11. The Kier molecular flexibility index (Phi) is 6.61. The predicted octanol–water partition coefficient (Wildman–Crippen LogP) is 4.61. The van der Waals surface area contributed by atoms with Crippen LogP contribution in [0.4, 0.5) is 5.82 Å². The van der Waals surface area contributed by atoms with E-state index >= 15 is 0 Å². The lowest BCUT2D eigenvalue weighted by atomic mass is 10.1. The minimum atomic E-state index is -0.118. The molecule has 1 aliphatic heterocycles. The van der Waals surface area contributed by atoms with Crippen molar-refractivity contribution >= 4 is 22.9 Å². The van der Waals surface area contributed by atoms with Gasteiger partial charge in [-0.1, -0.05) is 49.0 Å². The average molecular weight is 516 g/mol. The van der Waals surface area contributed by atoms with E-state index in [1.807, 2.05) is 42.5 Å². The van der Waals surface area contributed by atoms with Gasteiger partial charge in [-0.15, -0.1) is 0 Å². The van der Waals surface area contributed by atoms with Gasteiger partial charge in [-0.25, -0.2) is 15.0 Å². The first-order valence-corrected chi connectivity index (χ1v) is 13.0. The zero-order chi connectivity index (χ0) is 26.8. The lowest BCUT2D eigenvalue weighted by molar-refractivity contribution is -0.117. The molecule has 4 heterocycles. The number of nitrogens with two attached hydrogens (primary N) is 1. The highest BCUT2D eigenvalue weighted by Crippen LogP contribution is 2.32. The Bertz CT molecular complexity index is 1640. The molecule has 1 saturated heterocycles. The largest absolute Gasteiger partial charge is 0.383 e. The van der Waals surface area contributed by atoms with Crippen molar-refractivity contribution in [1.29, 1.82) is 0 Å². The van der Waals surface area contributed by atoms with Crippen LogP contribution in [0.2, 0.25) is 0 Å². The zero-order valence-electron chi connectivity index (χ0n) is 21.5. The van der Waals surface area contributed by atoms with Crippen molar-refractivity contribution in [2.24, 2.45) is 0 Å². The van der Waals surface area contributed by atoms with E-state index in [1.54, 1.807) is 6.20 Å². The molecular formula is C31H29N7O. The Morgan fingerprint density at radius 1 is 1.03 bits per heavy atom. The maximum absolute atomic E-state index is 11.7. The van der Waals surface area contributed by atoms with Crippen LogP contribution in [0, 0.1) is 0 Å². The van der Waals surface area contributed by atoms with E-state index in [9.17, 15) is 4.79 Å². The smallest absolute Gasteiger partial charge is 0.243 e. The van der Waals surface area contributed by atoms with Crippen LogP contribution in [0.3, 0.4) is 0 Å². The number of hydrogen-bond donors (Lipinski definition) is 2. The number of carbonyl (C=O) groups excluding carboxylic acids is 1. The molecule has 0 radical (unpaired) electrons. The second kappa shape index (κ2) is 10.5. The third-order valence-electron chi connectivity index (χ3n) is 7.06. The van der Waals surface area contributed by atoms with Crippen LogP contribution in [0.1, 0.15) is 12.0 Å². The molecule has 0 unspecified atom stereocenters. The summed E-state index contributed by atoms with van der Waals surface area (Å²) in [5.74, 6) is 0.996. The number of nitrogen functional groups attached to an aromatic ring is 1. The fraction of sp³-hybridized carbons (Fsp3) is 0.161. The number of nitrogens with zero attached hydrogens (tertiary/aromatic N) is 5. The minimum Gasteiger partial charge on any atom is -0.383 e. The maximum Gasteiger partial charge on any atom is 0.243 e. The molecular weight excluding hydrogens is 486 g/mol. The standard InChI is InChI=1S/C31H29N7O/c1-2-28(39)34-23-16-18-37(20-23)19-21-10-12-24(13-11-21)38-30(25-9-6-17-33-29(25)32)36-27-15-14-26(35-31(27)38)22-7-4-3-5-8-22/h2-15,17,23H,1,16,18-20H2,(H2,32,33)(H,34,39)/t23-/m0/s1. The van der Waals surface area contributed by atoms with Gasteiger partial charge in [-0.3, -0.25) is 14.3 Å². The normalized spacial score (nSPS) is 15.4. The predicted molar refractivity (Wildman–Crippen MR) is 154 cm³/mol. The van der Waals surface area contributed by atoms with Gasteiger partial charge >= 0.3 is 0 Å². The van der Waals surface area contributed by atoms with E-state index in [1.165, 1.54) is 11.6 Å². The van der Waals surface area contributed by atoms with E-state index in [2.05, 4.69) is 62.7 Å². The number of rotatable bonds is 7. The van der Waals surface area contributed by atoms with Crippen molar-refractivity contribution < 1.29 is 4.79 Å². The first-order chi connectivity index (χ1) is 19.1. The van der Waals surface area contributed by atoms with Crippen LogP contribution in [0.5, 0.6) is 0 Å². The highest BCUT2D eigenvalue weighted by atomic mass is 16.1. The van der Waals surface area contributed by atoms with Gasteiger partial charge in [0.2, 0.25) is 5.91 Å². The summed E-state index contributed by atoms with van der Waals surface area (Å²) in [6.07, 6.45) is 3.94. The van der Waals surface area contributed by atoms with Gasteiger partial charge in [-0.05, 0) is 54.5 Å². The molecule has 8 nitrogen and oxygen atoms in total. The molecule has 0 aliphatic carbocycles. The molecule has 39 heavy (non-hydrogen) atoms. The number of aromatic nitrogens is 4. The molecule has 0 spiro atoms. The molecule has 6 rings (SSSR count). The van der Waals surface area contributed by atoms with Crippen molar-refractivity contribution in [3.8, 4) is 28.3 Å². The summed E-state index contributed by atoms with van der Waals surface area (Å²) in [7, 11) is 0. The Morgan fingerprint density at radius 3 is 2.62 bits per heavy atom. The average Bonchev–Trinajstić information content (AvgIpc) is 3.57. The topological polar surface area (TPSA) is 102 Å². The quantitative estimate of drug-likeness (QED) is 0.307. The molecule has 3 N–H and O–H groups in total. The highest BCUT2D eigenvalue weighted by Gasteiger charge is 2.23. The van der Waals surface area contributed by atoms with Gasteiger partial charge in [-0.2, -0.15) is 0 Å². The van der Waals surface area contributed by atoms with Gasteiger partial charge < -0.3 is 11.1 Å². The third kappa shape index (κ3) is 5.02. The van der Waals surface area contributed by atoms with Gasteiger partial charge in [0, 0.05) is 43.1 Å². The molecule has 1 aliphatic rings. The molecule has 0 saturated carbocycles. The summed E-state index contributed by atoms with van der Waals surface area (Å²) < 4.78 is 2.05. The van der Waals surface area contributed by atoms with Crippen molar-refractivity contribution in [1.82, 2.24) is 29.7 Å². The minimum absolute atomic E-state index is 0.118. The molecule has 1 fully saturated rings. The Balaban J connectivity index is 1.35. The molecule has 8 heteroatoms. The van der Waals surface area contributed by atoms with Crippen LogP contribution in [0.25, 0.3) is 39.5 Å². The van der Waals surface area contributed by atoms with E-state index in [0.29, 0.717) is 11.6 Å². The fourth-order valence-corrected chi connectivity index (χ4v) is 5.12. The molecule has 3 aromatic heterocycles. The number of benzene rings is 2. The Labute approximate surface area is 226 Å². The number of fused-ring (bicyclic) bond motifs is 1. The van der Waals surface area contributed by atoms with E-state index in [0.717, 1.165) is 59.7 Å². The fourth-order valence-electron chi connectivity index (χ4n) is 5.12. The van der Waals surface area contributed by atoms with Crippen LogP contribution < -0.4 is 11.1 Å². The van der Waals surface area contributed by atoms with E-state index in [-0.39, 0.29) is 11.9 Å². The van der Waals surface area contributed by atoms with Gasteiger partial charge in [0.05, 0.1) is 11.3 Å². The molecule has 194 valence electrons. The molecule has 5 aromatic rings. The third-order valence-corrected chi connectivity index (χ3v) is 7.06. The van der Waals surface area contributed by atoms with Gasteiger partial charge in [0.1, 0.15) is 11.3 Å². The van der Waals surface area contributed by atoms with Crippen molar-refractivity contribution in [3.63, 3.8) is 0 Å². The number of carbonyl (C=O) groups is 1. The summed E-state index contributed by atoms with van der Waals surface area (Å²) in [6, 6.07) is 26.5. The Morgan fingerprint density at radius 2 is 1.85 bits per heavy atom. The molecule has 1 amide bonds. The number of nitrogens with one attached hydrogen (secondary N) is 1. The first kappa shape index (κ1) is 24.5. The number of imidazole rings is 1. The monoisotopic (exact) mass is 515 g/mol. The van der Waals surface area contributed by atoms with Gasteiger partial charge in [0.15, 0.2) is 11.5 Å². The van der Waals surface area contributed by atoms with Crippen LogP contribution in [-0.4, -0.2) is 49.5 Å². The summed E-state index contributed by atoms with van der Waals surface area (Å²) in [5.41, 5.74) is 12.6. The first-order valence-electron chi connectivity index (χ1n) is 13.0. The van der Waals surface area contributed by atoms with Crippen molar-refractivity contribution in [2.75, 3.05) is 18.8 Å². The number of pyridine rings is 2. The number of anilines is 1. The van der Waals surface area contributed by atoms with E-state index in [4.69, 9.17) is 15.7 Å². The summed E-state index contributed by atoms with van der Waals surface area (Å²) in [5, 5.41) is 3.00. The molecule has 0 bridgehead atoms. The highest BCUT2D eigenvalue weighted by molar-refractivity contribution is 5.87. The number of likely N-dealkylation sites (tertiary alicyclic amines) is 1. The van der Waals surface area contributed by atoms with Gasteiger partial charge in [0.25, 0.3) is 0 Å². The second-order valence-electron chi connectivity index (χ2n) is 9.71. The SMILES string of the molecule is C=CC(=O)N[C@H]1CCN(Cc2ccc(-n3c(-c4cccnc4N)nc4ccc(-c5ccccc5)nc43)cc2)C1. The summed E-state index contributed by atoms with van der Waals surface area (Å²) in [4.78, 5) is 28.3. The van der Waals surface area contributed by atoms with Crippen molar-refractivity contribution in [2.45, 2.75) is 19.0 Å². The summed E-state index contributed by atoms with van der Waals surface area (Å²) >= 11 is 0. The van der Waals surface area contributed by atoms with E-state index < -0.39 is 0 Å². The lowest BCUT2D eigenvalue weighted by Gasteiger charge is -2.17. The maximum atomic E-state index is 11.7. The second-order valence-corrected chi connectivity index (χ2v) is 9.71. The molecule has 2 aromatic carbocycles. The van der Waals surface area contributed by atoms with Crippen LogP contribution in [-0.2, 0) is 11.3 Å². The van der Waals surface area contributed by atoms with Crippen LogP contribution in [0.15, 0.2) is 97.7 Å². The van der Waals surface area contributed by atoms with Crippen LogP contribution >= 0.6 is 0 Å². The number of amides is 1. The Hall–Kier alpha value is -4.82. The molecule has 1 atom stereocenters.